The predicted octanol–water partition coefficient (Wildman–Crippen LogP) is 3.15. The Kier molecular flexibility index (Phi) is 7.14. The highest BCUT2D eigenvalue weighted by Gasteiger charge is 2.42. The summed E-state index contributed by atoms with van der Waals surface area (Å²) < 4.78 is 5.38. The summed E-state index contributed by atoms with van der Waals surface area (Å²) in [6.07, 6.45) is 7.65. The summed E-state index contributed by atoms with van der Waals surface area (Å²) in [4.78, 5) is 35.1. The summed E-state index contributed by atoms with van der Waals surface area (Å²) in [6.45, 7) is 3.95. The number of benzene rings is 1. The van der Waals surface area contributed by atoms with Crippen LogP contribution in [0.3, 0.4) is 0 Å². The number of rotatable bonds is 6. The first kappa shape index (κ1) is 24.6. The summed E-state index contributed by atoms with van der Waals surface area (Å²) in [7, 11) is 3.74. The number of ether oxygens (including phenoxy) is 1. The number of anilines is 1. The first-order valence-corrected chi connectivity index (χ1v) is 13.1. The number of carbonyl (C=O) groups is 2. The molecule has 0 aliphatic carbocycles. The number of aromatic nitrogens is 1. The van der Waals surface area contributed by atoms with Crippen LogP contribution in [0.2, 0.25) is 0 Å². The van der Waals surface area contributed by atoms with E-state index in [0.717, 1.165) is 68.7 Å². The van der Waals surface area contributed by atoms with Gasteiger partial charge in [0.2, 0.25) is 0 Å². The van der Waals surface area contributed by atoms with Crippen LogP contribution in [0.5, 0.6) is 5.75 Å². The van der Waals surface area contributed by atoms with E-state index in [1.165, 1.54) is 0 Å². The van der Waals surface area contributed by atoms with E-state index < -0.39 is 0 Å². The molecule has 0 spiro atoms. The maximum atomic E-state index is 13.0. The molecule has 5 rings (SSSR count). The highest BCUT2D eigenvalue weighted by atomic mass is 16.5. The number of likely N-dealkylation sites (tertiary alicyclic amines) is 1. The van der Waals surface area contributed by atoms with Crippen molar-refractivity contribution in [3.63, 3.8) is 0 Å². The summed E-state index contributed by atoms with van der Waals surface area (Å²) in [5.41, 5.74) is 2.14. The molecule has 3 aliphatic rings. The number of methoxy groups -OCH3 is 1. The quantitative estimate of drug-likeness (QED) is 0.646. The Balaban J connectivity index is 1.19. The van der Waals surface area contributed by atoms with Crippen LogP contribution in [0, 0.1) is 6.92 Å². The fraction of sp³-hybridized carbons (Fsp3) is 0.536. The molecule has 4 heterocycles. The minimum Gasteiger partial charge on any atom is -0.496 e. The van der Waals surface area contributed by atoms with Crippen LogP contribution in [0.15, 0.2) is 36.5 Å². The molecule has 2 amide bonds. The first-order valence-electron chi connectivity index (χ1n) is 13.1. The van der Waals surface area contributed by atoms with Gasteiger partial charge >= 0.3 is 0 Å². The summed E-state index contributed by atoms with van der Waals surface area (Å²) in [5.74, 6) is 1.57. The number of piperidine rings is 2. The fourth-order valence-electron chi connectivity index (χ4n) is 6.11. The Morgan fingerprint density at radius 2 is 1.64 bits per heavy atom. The molecular weight excluding hydrogens is 454 g/mol. The molecule has 8 nitrogen and oxygen atoms in total. The summed E-state index contributed by atoms with van der Waals surface area (Å²) in [5, 5.41) is 6.43. The van der Waals surface area contributed by atoms with E-state index in [9.17, 15) is 9.59 Å². The van der Waals surface area contributed by atoms with Gasteiger partial charge in [-0.2, -0.15) is 0 Å². The van der Waals surface area contributed by atoms with Crippen molar-refractivity contribution >= 4 is 17.6 Å². The van der Waals surface area contributed by atoms with Crippen LogP contribution >= 0.6 is 0 Å². The largest absolute Gasteiger partial charge is 0.496 e. The standard InChI is InChI=1S/C28H37N5O3/c1-18-24(5-4-6-25(18)36-3)28(35)31-21-15-22-8-9-23(16-21)33(22)26-10-7-19(17-29-26)27(34)30-20-11-13-32(2)14-12-20/h4-7,10,17,20-23H,8-9,11-16H2,1-3H3,(H,30,34)(H,31,35). The zero-order valence-electron chi connectivity index (χ0n) is 21.5. The lowest BCUT2D eigenvalue weighted by molar-refractivity contribution is 0.0912. The van der Waals surface area contributed by atoms with Gasteiger partial charge in [0.15, 0.2) is 0 Å². The van der Waals surface area contributed by atoms with Crippen LogP contribution in [0.1, 0.15) is 64.8 Å². The SMILES string of the molecule is COc1cccc(C(=O)NC2CC3CCC(C2)N3c2ccc(C(=O)NC3CCN(C)CC3)cn2)c1C. The highest BCUT2D eigenvalue weighted by molar-refractivity contribution is 5.96. The molecule has 2 unspecified atom stereocenters. The number of nitrogens with zero attached hydrogens (tertiary/aromatic N) is 3. The zero-order chi connectivity index (χ0) is 25.2. The maximum absolute atomic E-state index is 13.0. The van der Waals surface area contributed by atoms with E-state index in [2.05, 4.69) is 32.5 Å². The first-order chi connectivity index (χ1) is 17.4. The van der Waals surface area contributed by atoms with E-state index in [1.54, 1.807) is 13.3 Å². The number of hydrogen-bond acceptors (Lipinski definition) is 6. The van der Waals surface area contributed by atoms with Gasteiger partial charge in [-0.3, -0.25) is 9.59 Å². The molecule has 2 aromatic rings. The van der Waals surface area contributed by atoms with Crippen molar-refractivity contribution in [2.24, 2.45) is 0 Å². The van der Waals surface area contributed by atoms with Gasteiger partial charge in [0.05, 0.1) is 12.7 Å². The average Bonchev–Trinajstić information content (AvgIpc) is 3.15. The predicted molar refractivity (Wildman–Crippen MR) is 140 cm³/mol. The molecule has 8 heteroatoms. The lowest BCUT2D eigenvalue weighted by Crippen LogP contribution is -2.50. The third kappa shape index (κ3) is 5.05. The third-order valence-electron chi connectivity index (χ3n) is 8.15. The topological polar surface area (TPSA) is 86.8 Å². The maximum Gasteiger partial charge on any atom is 0.253 e. The Morgan fingerprint density at radius 1 is 0.944 bits per heavy atom. The van der Waals surface area contributed by atoms with Gasteiger partial charge in [0.1, 0.15) is 11.6 Å². The fourth-order valence-corrected chi connectivity index (χ4v) is 6.11. The molecule has 3 fully saturated rings. The van der Waals surface area contributed by atoms with Crippen molar-refractivity contribution in [1.29, 1.82) is 0 Å². The molecule has 192 valence electrons. The van der Waals surface area contributed by atoms with Gasteiger partial charge < -0.3 is 25.2 Å². The molecule has 36 heavy (non-hydrogen) atoms. The molecule has 2 atom stereocenters. The van der Waals surface area contributed by atoms with Gasteiger partial charge in [-0.05, 0) is 89.9 Å². The van der Waals surface area contributed by atoms with E-state index in [-0.39, 0.29) is 23.9 Å². The number of amides is 2. The Labute approximate surface area is 213 Å². The van der Waals surface area contributed by atoms with Crippen molar-refractivity contribution in [3.8, 4) is 5.75 Å². The van der Waals surface area contributed by atoms with E-state index in [4.69, 9.17) is 4.74 Å². The smallest absolute Gasteiger partial charge is 0.253 e. The molecule has 3 saturated heterocycles. The molecular formula is C28H37N5O3. The minimum absolute atomic E-state index is 0.0395. The van der Waals surface area contributed by atoms with Crippen LogP contribution in [0.25, 0.3) is 0 Å². The number of nitrogens with one attached hydrogen (secondary N) is 2. The second kappa shape index (κ2) is 10.5. The monoisotopic (exact) mass is 491 g/mol. The average molecular weight is 492 g/mol. The normalized spacial score (nSPS) is 24.4. The third-order valence-corrected chi connectivity index (χ3v) is 8.15. The van der Waals surface area contributed by atoms with Crippen LogP contribution < -0.4 is 20.3 Å². The number of carbonyl (C=O) groups excluding carboxylic acids is 2. The van der Waals surface area contributed by atoms with Gasteiger partial charge in [0.25, 0.3) is 11.8 Å². The Morgan fingerprint density at radius 3 is 2.28 bits per heavy atom. The molecule has 0 saturated carbocycles. The zero-order valence-corrected chi connectivity index (χ0v) is 21.5. The lowest BCUT2D eigenvalue weighted by Gasteiger charge is -2.40. The summed E-state index contributed by atoms with van der Waals surface area (Å²) in [6, 6.07) is 10.5. The van der Waals surface area contributed by atoms with Gasteiger partial charge in [-0.15, -0.1) is 0 Å². The van der Waals surface area contributed by atoms with Crippen molar-refractivity contribution < 1.29 is 14.3 Å². The number of pyridine rings is 1. The van der Waals surface area contributed by atoms with Crippen LogP contribution in [0.4, 0.5) is 5.82 Å². The van der Waals surface area contributed by atoms with Gasteiger partial charge in [-0.25, -0.2) is 4.98 Å². The molecule has 3 aliphatic heterocycles. The Hall–Kier alpha value is -3.13. The van der Waals surface area contributed by atoms with Crippen molar-refractivity contribution in [3.05, 3.63) is 53.2 Å². The van der Waals surface area contributed by atoms with Crippen LogP contribution in [-0.4, -0.2) is 73.1 Å². The van der Waals surface area contributed by atoms with Gasteiger partial charge in [-0.1, -0.05) is 6.07 Å². The van der Waals surface area contributed by atoms with Crippen molar-refractivity contribution in [1.82, 2.24) is 20.5 Å². The van der Waals surface area contributed by atoms with E-state index in [0.29, 0.717) is 23.2 Å². The van der Waals surface area contributed by atoms with Crippen LogP contribution in [-0.2, 0) is 0 Å². The molecule has 2 N–H and O–H groups in total. The van der Waals surface area contributed by atoms with E-state index >= 15 is 0 Å². The molecule has 2 bridgehead atoms. The van der Waals surface area contributed by atoms with Crippen molar-refractivity contribution in [2.75, 3.05) is 32.1 Å². The van der Waals surface area contributed by atoms with Crippen molar-refractivity contribution in [2.45, 2.75) is 69.6 Å². The second-order valence-electron chi connectivity index (χ2n) is 10.5. The lowest BCUT2D eigenvalue weighted by atomic mass is 9.96. The number of hydrogen-bond donors (Lipinski definition) is 2. The number of fused-ring (bicyclic) bond motifs is 2. The van der Waals surface area contributed by atoms with E-state index in [1.807, 2.05) is 37.3 Å². The second-order valence-corrected chi connectivity index (χ2v) is 10.5. The minimum atomic E-state index is -0.0409. The molecule has 1 aromatic carbocycles. The summed E-state index contributed by atoms with van der Waals surface area (Å²) >= 11 is 0. The molecule has 0 radical (unpaired) electrons. The van der Waals surface area contributed by atoms with Gasteiger partial charge in [0, 0.05) is 41.5 Å². The highest BCUT2D eigenvalue weighted by Crippen LogP contribution is 2.38. The molecule has 1 aromatic heterocycles. The Bertz CT molecular complexity index is 1080.